The fourth-order valence-corrected chi connectivity index (χ4v) is 4.28. The average Bonchev–Trinajstić information content (AvgIpc) is 2.78. The van der Waals surface area contributed by atoms with Crippen molar-refractivity contribution in [3.05, 3.63) is 35.4 Å². The maximum Gasteiger partial charge on any atom is 0.191 e. The summed E-state index contributed by atoms with van der Waals surface area (Å²) in [7, 11) is 0. The molecule has 0 radical (unpaired) electrons. The van der Waals surface area contributed by atoms with Crippen LogP contribution >= 0.6 is 0 Å². The zero-order chi connectivity index (χ0) is 21.2. The molecule has 6 nitrogen and oxygen atoms in total. The molecule has 2 fully saturated rings. The average molecular weight is 416 g/mol. The molecule has 30 heavy (non-hydrogen) atoms. The Kier molecular flexibility index (Phi) is 8.97. The van der Waals surface area contributed by atoms with Gasteiger partial charge in [-0.05, 0) is 57.8 Å². The fraction of sp³-hybridized carbons (Fsp3) is 0.708. The van der Waals surface area contributed by atoms with Gasteiger partial charge < -0.3 is 15.4 Å². The Balaban J connectivity index is 1.60. The van der Waals surface area contributed by atoms with Crippen LogP contribution in [0.25, 0.3) is 0 Å². The van der Waals surface area contributed by atoms with Crippen molar-refractivity contribution in [3.8, 4) is 0 Å². The predicted molar refractivity (Wildman–Crippen MR) is 125 cm³/mol. The second-order valence-electron chi connectivity index (χ2n) is 9.07. The topological polar surface area (TPSA) is 52.1 Å². The van der Waals surface area contributed by atoms with Crippen LogP contribution in [-0.2, 0) is 17.8 Å². The molecular weight excluding hydrogens is 374 g/mol. The van der Waals surface area contributed by atoms with E-state index in [0.29, 0.717) is 6.54 Å². The number of benzene rings is 1. The Labute approximate surface area is 183 Å². The molecule has 1 aromatic rings. The molecule has 0 aliphatic carbocycles. The molecular formula is C24H41N5O. The van der Waals surface area contributed by atoms with Gasteiger partial charge in [-0.2, -0.15) is 0 Å². The van der Waals surface area contributed by atoms with Crippen LogP contribution in [0.2, 0.25) is 0 Å². The minimum atomic E-state index is 0.130. The molecule has 0 aromatic heterocycles. The number of hydrogen-bond acceptors (Lipinski definition) is 4. The van der Waals surface area contributed by atoms with Gasteiger partial charge in [-0.1, -0.05) is 30.7 Å². The molecule has 0 unspecified atom stereocenters. The summed E-state index contributed by atoms with van der Waals surface area (Å²) >= 11 is 0. The summed E-state index contributed by atoms with van der Waals surface area (Å²) in [6.45, 7) is 16.3. The number of aliphatic imine (C=N–C) groups is 1. The lowest BCUT2D eigenvalue weighted by molar-refractivity contribution is 0.0341. The van der Waals surface area contributed by atoms with Gasteiger partial charge in [0.2, 0.25) is 0 Å². The molecule has 1 aromatic carbocycles. The molecule has 2 aliphatic rings. The summed E-state index contributed by atoms with van der Waals surface area (Å²) in [5.41, 5.74) is 2.80. The van der Waals surface area contributed by atoms with E-state index < -0.39 is 0 Å². The van der Waals surface area contributed by atoms with E-state index in [4.69, 9.17) is 9.73 Å². The van der Waals surface area contributed by atoms with Gasteiger partial charge in [0.1, 0.15) is 0 Å². The number of likely N-dealkylation sites (tertiary alicyclic amines) is 1. The SMILES string of the molecule is CCNC(=NCc1ccccc1CN1CCOCC1)NCC(C)(C)N1CCCCC1. The van der Waals surface area contributed by atoms with Crippen LogP contribution in [0.3, 0.4) is 0 Å². The van der Waals surface area contributed by atoms with E-state index in [-0.39, 0.29) is 5.54 Å². The number of piperidine rings is 1. The van der Waals surface area contributed by atoms with Crippen molar-refractivity contribution < 1.29 is 4.74 Å². The van der Waals surface area contributed by atoms with E-state index in [9.17, 15) is 0 Å². The van der Waals surface area contributed by atoms with Gasteiger partial charge in [0.25, 0.3) is 0 Å². The first kappa shape index (κ1) is 23.0. The number of morpholine rings is 1. The molecule has 2 aliphatic heterocycles. The Morgan fingerprint density at radius 1 is 1.00 bits per heavy atom. The predicted octanol–water partition coefficient (Wildman–Crippen LogP) is 2.84. The van der Waals surface area contributed by atoms with Crippen molar-refractivity contribution in [1.29, 1.82) is 0 Å². The van der Waals surface area contributed by atoms with Gasteiger partial charge >= 0.3 is 0 Å². The van der Waals surface area contributed by atoms with Crippen LogP contribution in [0.15, 0.2) is 29.3 Å². The van der Waals surface area contributed by atoms with E-state index in [0.717, 1.165) is 51.9 Å². The second-order valence-corrected chi connectivity index (χ2v) is 9.07. The van der Waals surface area contributed by atoms with Crippen molar-refractivity contribution in [1.82, 2.24) is 20.4 Å². The maximum absolute atomic E-state index is 5.49. The van der Waals surface area contributed by atoms with Crippen molar-refractivity contribution in [2.45, 2.75) is 58.7 Å². The first-order valence-electron chi connectivity index (χ1n) is 11.7. The lowest BCUT2D eigenvalue weighted by atomic mass is 9.98. The highest BCUT2D eigenvalue weighted by atomic mass is 16.5. The van der Waals surface area contributed by atoms with E-state index in [2.05, 4.69) is 65.5 Å². The summed E-state index contributed by atoms with van der Waals surface area (Å²) in [5, 5.41) is 7.02. The molecule has 2 heterocycles. The molecule has 6 heteroatoms. The van der Waals surface area contributed by atoms with Crippen LogP contribution in [-0.4, -0.2) is 73.8 Å². The Hall–Kier alpha value is -1.63. The molecule has 0 amide bonds. The maximum atomic E-state index is 5.49. The molecule has 3 rings (SSSR count). The zero-order valence-corrected chi connectivity index (χ0v) is 19.3. The smallest absolute Gasteiger partial charge is 0.191 e. The Morgan fingerprint density at radius 3 is 2.40 bits per heavy atom. The highest BCUT2D eigenvalue weighted by Gasteiger charge is 2.27. The number of rotatable bonds is 8. The third-order valence-corrected chi connectivity index (χ3v) is 6.27. The number of ether oxygens (including phenoxy) is 1. The highest BCUT2D eigenvalue weighted by molar-refractivity contribution is 5.79. The van der Waals surface area contributed by atoms with Gasteiger partial charge in [-0.25, -0.2) is 4.99 Å². The summed E-state index contributed by atoms with van der Waals surface area (Å²) in [4.78, 5) is 10.0. The van der Waals surface area contributed by atoms with Crippen LogP contribution in [0.5, 0.6) is 0 Å². The standard InChI is InChI=1S/C24H41N5O/c1-4-25-23(27-20-24(2,3)29-12-8-5-9-13-29)26-18-21-10-6-7-11-22(21)19-28-14-16-30-17-15-28/h6-7,10-11H,4-5,8-9,12-20H2,1-3H3,(H2,25,26,27). The molecule has 2 N–H and O–H groups in total. The van der Waals surface area contributed by atoms with Gasteiger partial charge in [-0.3, -0.25) is 9.80 Å². The highest BCUT2D eigenvalue weighted by Crippen LogP contribution is 2.20. The minimum absolute atomic E-state index is 0.130. The van der Waals surface area contributed by atoms with Gasteiger partial charge in [-0.15, -0.1) is 0 Å². The largest absolute Gasteiger partial charge is 0.379 e. The lowest BCUT2D eigenvalue weighted by Crippen LogP contribution is -2.54. The first-order chi connectivity index (χ1) is 14.6. The van der Waals surface area contributed by atoms with E-state index in [1.165, 1.54) is 43.5 Å². The fourth-order valence-electron chi connectivity index (χ4n) is 4.28. The Morgan fingerprint density at radius 2 is 1.70 bits per heavy atom. The molecule has 168 valence electrons. The van der Waals surface area contributed by atoms with E-state index >= 15 is 0 Å². The number of nitrogens with one attached hydrogen (secondary N) is 2. The van der Waals surface area contributed by atoms with Crippen molar-refractivity contribution in [3.63, 3.8) is 0 Å². The summed E-state index contributed by atoms with van der Waals surface area (Å²) in [6, 6.07) is 8.70. The van der Waals surface area contributed by atoms with Crippen molar-refractivity contribution in [2.24, 2.45) is 4.99 Å². The molecule has 2 saturated heterocycles. The van der Waals surface area contributed by atoms with Crippen LogP contribution in [0, 0.1) is 0 Å². The van der Waals surface area contributed by atoms with Crippen LogP contribution in [0.4, 0.5) is 0 Å². The zero-order valence-electron chi connectivity index (χ0n) is 19.3. The molecule has 0 bridgehead atoms. The molecule has 0 atom stereocenters. The van der Waals surface area contributed by atoms with Gasteiger partial charge in [0, 0.05) is 38.3 Å². The normalized spacial score (nSPS) is 19.6. The number of nitrogens with zero attached hydrogens (tertiary/aromatic N) is 3. The van der Waals surface area contributed by atoms with Crippen molar-refractivity contribution in [2.75, 3.05) is 52.5 Å². The molecule has 0 spiro atoms. The number of guanidine groups is 1. The summed E-state index contributed by atoms with van der Waals surface area (Å²) < 4.78 is 5.49. The monoisotopic (exact) mass is 415 g/mol. The van der Waals surface area contributed by atoms with Crippen molar-refractivity contribution >= 4 is 5.96 Å². The quantitative estimate of drug-likeness (QED) is 0.505. The van der Waals surface area contributed by atoms with Gasteiger partial charge in [0.15, 0.2) is 5.96 Å². The summed E-state index contributed by atoms with van der Waals surface area (Å²) in [5.74, 6) is 0.906. The van der Waals surface area contributed by atoms with Crippen LogP contribution in [0.1, 0.15) is 51.2 Å². The third-order valence-electron chi connectivity index (χ3n) is 6.27. The molecule has 0 saturated carbocycles. The lowest BCUT2D eigenvalue weighted by Gasteiger charge is -2.41. The van der Waals surface area contributed by atoms with E-state index in [1.807, 2.05) is 0 Å². The summed E-state index contributed by atoms with van der Waals surface area (Å²) in [6.07, 6.45) is 4.00. The Bertz CT molecular complexity index is 663. The number of hydrogen-bond donors (Lipinski definition) is 2. The van der Waals surface area contributed by atoms with Gasteiger partial charge in [0.05, 0.1) is 19.8 Å². The van der Waals surface area contributed by atoms with E-state index in [1.54, 1.807) is 0 Å². The second kappa shape index (κ2) is 11.7. The first-order valence-corrected chi connectivity index (χ1v) is 11.7. The third kappa shape index (κ3) is 6.96. The minimum Gasteiger partial charge on any atom is -0.379 e. The van der Waals surface area contributed by atoms with Crippen LogP contribution < -0.4 is 10.6 Å².